The van der Waals surface area contributed by atoms with E-state index in [4.69, 9.17) is 16.4 Å². The van der Waals surface area contributed by atoms with Crippen LogP contribution >= 0.6 is 8.25 Å². The van der Waals surface area contributed by atoms with Gasteiger partial charge in [-0.2, -0.15) is 0 Å². The molecule has 0 heterocycles. The fraction of sp³-hybridized carbons (Fsp3) is 0.667. The van der Waals surface area contributed by atoms with E-state index >= 15 is 0 Å². The molecule has 86 valence electrons. The summed E-state index contributed by atoms with van der Waals surface area (Å²) in [6.07, 6.45) is 1.54. The van der Waals surface area contributed by atoms with Gasteiger partial charge in [0, 0.05) is 11.1 Å². The molecule has 0 aliphatic heterocycles. The van der Waals surface area contributed by atoms with E-state index in [1.165, 1.54) is 0 Å². The van der Waals surface area contributed by atoms with Crippen LogP contribution in [0.3, 0.4) is 0 Å². The molecule has 0 aromatic rings. The van der Waals surface area contributed by atoms with Crippen molar-refractivity contribution in [3.63, 3.8) is 0 Å². The van der Waals surface area contributed by atoms with E-state index in [9.17, 15) is 9.36 Å². The molecule has 0 amide bonds. The summed E-state index contributed by atoms with van der Waals surface area (Å²) >= 11 is 0. The average molecular weight is 237 g/mol. The molecule has 0 bridgehead atoms. The Morgan fingerprint density at radius 2 is 2.33 bits per heavy atom. The van der Waals surface area contributed by atoms with Crippen LogP contribution in [0.4, 0.5) is 0 Å². The molecular formula is C6H14N4O4P+. The Morgan fingerprint density at radius 1 is 1.67 bits per heavy atom. The second kappa shape index (κ2) is 8.25. The van der Waals surface area contributed by atoms with Crippen molar-refractivity contribution in [2.24, 2.45) is 16.5 Å². The summed E-state index contributed by atoms with van der Waals surface area (Å²) in [5, 5.41) is 0. The zero-order valence-corrected chi connectivity index (χ0v) is 8.89. The highest BCUT2D eigenvalue weighted by atomic mass is 31.1. The van der Waals surface area contributed by atoms with Gasteiger partial charge in [0.15, 0.2) is 5.96 Å². The Labute approximate surface area is 87.6 Å². The van der Waals surface area contributed by atoms with E-state index in [0.29, 0.717) is 25.7 Å². The minimum atomic E-state index is -2.76. The molecule has 0 aromatic carbocycles. The van der Waals surface area contributed by atoms with Crippen LogP contribution in [-0.4, -0.2) is 29.7 Å². The van der Waals surface area contributed by atoms with Gasteiger partial charge in [-0.25, -0.2) is 0 Å². The quantitative estimate of drug-likeness (QED) is 0.103. The summed E-state index contributed by atoms with van der Waals surface area (Å²) in [5.74, 6) is -0.0136. The summed E-state index contributed by atoms with van der Waals surface area (Å²) in [5.41, 5.74) is 12.3. The molecule has 0 aliphatic carbocycles. The maximum atomic E-state index is 10.4. The number of nitrogens with two attached hydrogens (primary N) is 2. The van der Waals surface area contributed by atoms with Crippen LogP contribution in [0.5, 0.6) is 0 Å². The first kappa shape index (κ1) is 13.9. The first-order chi connectivity index (χ1) is 7.06. The summed E-state index contributed by atoms with van der Waals surface area (Å²) in [6.45, 7) is 0.389. The van der Waals surface area contributed by atoms with E-state index in [0.717, 1.165) is 0 Å². The highest BCUT2D eigenvalue weighted by Gasteiger charge is 2.16. The van der Waals surface area contributed by atoms with Crippen molar-refractivity contribution in [2.75, 3.05) is 6.54 Å². The number of hydrogen-bond acceptors (Lipinski definition) is 5. The van der Waals surface area contributed by atoms with Crippen LogP contribution in [-0.2, 0) is 14.0 Å². The summed E-state index contributed by atoms with van der Waals surface area (Å²) in [6, 6.07) is -0.648. The maximum Gasteiger partial charge on any atom is 0.713 e. The van der Waals surface area contributed by atoms with Crippen molar-refractivity contribution in [2.45, 2.75) is 18.9 Å². The zero-order chi connectivity index (χ0) is 11.7. The lowest BCUT2D eigenvalue weighted by molar-refractivity contribution is -0.111. The van der Waals surface area contributed by atoms with Crippen LogP contribution in [0.25, 0.3) is 0 Å². The molecular weight excluding hydrogens is 223 g/mol. The first-order valence-corrected chi connectivity index (χ1v) is 5.28. The first-order valence-electron chi connectivity index (χ1n) is 4.15. The third-order valence-corrected chi connectivity index (χ3v) is 1.68. The number of rotatable bonds is 8. The Hall–Kier alpha value is -1.08. The molecule has 0 radical (unpaired) electrons. The minimum absolute atomic E-state index is 0.0136. The third kappa shape index (κ3) is 9.23. The fourth-order valence-corrected chi connectivity index (χ4v) is 1.01. The number of hydrogen-bond donors (Lipinski definition) is 4. The minimum Gasteiger partial charge on any atom is -0.370 e. The van der Waals surface area contributed by atoms with Gasteiger partial charge in [-0.15, -0.1) is 10.4 Å². The Kier molecular flexibility index (Phi) is 7.65. The van der Waals surface area contributed by atoms with Gasteiger partial charge in [-0.1, -0.05) is 0 Å². The predicted molar refractivity (Wildman–Crippen MR) is 53.8 cm³/mol. The zero-order valence-electron chi connectivity index (χ0n) is 8.00. The maximum absolute atomic E-state index is 10.4. The Morgan fingerprint density at radius 3 is 2.80 bits per heavy atom. The van der Waals surface area contributed by atoms with Gasteiger partial charge in [-0.05, 0) is 17.5 Å². The molecule has 6 N–H and O–H groups in total. The van der Waals surface area contributed by atoms with E-state index in [2.05, 4.69) is 15.1 Å². The number of nitrogens with one attached hydrogen (secondary N) is 1. The molecule has 15 heavy (non-hydrogen) atoms. The monoisotopic (exact) mass is 237 g/mol. The van der Waals surface area contributed by atoms with Gasteiger partial charge in [0.25, 0.3) is 0 Å². The second-order valence-corrected chi connectivity index (χ2v) is 3.30. The lowest BCUT2D eigenvalue weighted by Crippen LogP contribution is -2.29. The van der Waals surface area contributed by atoms with Gasteiger partial charge in [-0.3, -0.25) is 4.99 Å². The molecule has 0 rings (SSSR count). The van der Waals surface area contributed by atoms with Gasteiger partial charge in [0.2, 0.25) is 0 Å². The number of guanidine groups is 1. The van der Waals surface area contributed by atoms with Gasteiger partial charge >= 0.3 is 8.25 Å². The predicted octanol–water partition coefficient (Wildman–Crippen LogP) is -1.22. The number of nitrogens with zero attached hydrogens (tertiary/aromatic N) is 1. The summed E-state index contributed by atoms with van der Waals surface area (Å²) < 4.78 is 14.3. The van der Waals surface area contributed by atoms with Crippen molar-refractivity contribution in [1.82, 2.24) is 5.48 Å². The molecule has 0 aliphatic rings. The van der Waals surface area contributed by atoms with Gasteiger partial charge in [0.05, 0.1) is 6.04 Å². The number of carbonyl (C=O) groups excluding carboxylic acids is 1. The molecule has 0 fully saturated rings. The smallest absolute Gasteiger partial charge is 0.370 e. The van der Waals surface area contributed by atoms with Crippen LogP contribution in [0.2, 0.25) is 0 Å². The largest absolute Gasteiger partial charge is 0.713 e. The SMILES string of the molecule is NC(N)=NCCC[C@H](C=O)NO[P+](=O)O. The summed E-state index contributed by atoms with van der Waals surface area (Å²) in [7, 11) is -2.76. The van der Waals surface area contributed by atoms with Gasteiger partial charge in [0.1, 0.15) is 6.29 Å². The number of aldehydes is 1. The average Bonchev–Trinajstić information content (AvgIpc) is 2.16. The standard InChI is InChI=1S/C6H13N4O4P/c7-6(8)9-3-1-2-5(4-11)10-14-15(12)13/h4-5,10H,1-3H2,(H4-,7,8,9,12,13)/p+1/t5-/m1/s1. The Balaban J connectivity index is 3.66. The van der Waals surface area contributed by atoms with Crippen molar-refractivity contribution in [3.05, 3.63) is 0 Å². The highest BCUT2D eigenvalue weighted by Crippen LogP contribution is 2.12. The molecule has 1 unspecified atom stereocenters. The van der Waals surface area contributed by atoms with Crippen LogP contribution in [0.15, 0.2) is 4.99 Å². The van der Waals surface area contributed by atoms with Crippen molar-refractivity contribution in [1.29, 1.82) is 0 Å². The molecule has 9 heteroatoms. The lowest BCUT2D eigenvalue weighted by atomic mass is 10.2. The van der Waals surface area contributed by atoms with E-state index in [1.54, 1.807) is 0 Å². The van der Waals surface area contributed by atoms with Crippen molar-refractivity contribution in [3.8, 4) is 0 Å². The lowest BCUT2D eigenvalue weighted by Gasteiger charge is -2.05. The molecule has 0 saturated carbocycles. The number of aliphatic imine (C=N–C) groups is 1. The molecule has 0 saturated heterocycles. The van der Waals surface area contributed by atoms with E-state index in [-0.39, 0.29) is 5.96 Å². The Bertz CT molecular complexity index is 243. The number of carbonyl (C=O) groups is 1. The normalized spacial score (nSPS) is 13.0. The van der Waals surface area contributed by atoms with Crippen LogP contribution in [0, 0.1) is 0 Å². The molecule has 0 aromatic heterocycles. The summed E-state index contributed by atoms with van der Waals surface area (Å²) in [4.78, 5) is 22.4. The topological polar surface area (TPSA) is 140 Å². The highest BCUT2D eigenvalue weighted by molar-refractivity contribution is 7.32. The van der Waals surface area contributed by atoms with Gasteiger partial charge < -0.3 is 16.3 Å². The third-order valence-electron chi connectivity index (χ3n) is 1.41. The molecule has 2 atom stereocenters. The van der Waals surface area contributed by atoms with Crippen LogP contribution in [0.1, 0.15) is 12.8 Å². The molecule has 0 spiro atoms. The fourth-order valence-electron chi connectivity index (χ4n) is 0.787. The molecule has 8 nitrogen and oxygen atoms in total. The van der Waals surface area contributed by atoms with Crippen molar-refractivity contribution < 1.29 is 18.9 Å². The van der Waals surface area contributed by atoms with E-state index in [1.807, 2.05) is 0 Å². The van der Waals surface area contributed by atoms with Crippen LogP contribution < -0.4 is 16.9 Å². The second-order valence-electron chi connectivity index (χ2n) is 2.64. The van der Waals surface area contributed by atoms with E-state index < -0.39 is 14.3 Å². The number of hydroxylamine groups is 1. The van der Waals surface area contributed by atoms with Crippen molar-refractivity contribution >= 4 is 20.5 Å².